The zero-order chi connectivity index (χ0) is 18.9. The van der Waals surface area contributed by atoms with Crippen molar-refractivity contribution in [2.45, 2.75) is 33.6 Å². The maximum atomic E-state index is 13.2. The van der Waals surface area contributed by atoms with Crippen LogP contribution in [0.2, 0.25) is 0 Å². The molecule has 1 aromatic carbocycles. The fourth-order valence-electron chi connectivity index (χ4n) is 5.40. The number of thiazole rings is 1. The third-order valence-corrected chi connectivity index (χ3v) is 7.29. The molecule has 0 N–H and O–H groups in total. The van der Waals surface area contributed by atoms with Crippen molar-refractivity contribution in [1.29, 1.82) is 0 Å². The predicted octanol–water partition coefficient (Wildman–Crippen LogP) is 4.60. The summed E-state index contributed by atoms with van der Waals surface area (Å²) < 4.78 is 0. The number of nitrogens with zero attached hydrogens (tertiary/aromatic N) is 2. The SMILES string of the molecule is CC(C)=C1[C@H]2CC[C@H]1[C@H]1C(=O)N(c3nc(-c4ccc(C)cc4)cs3)C(=O)[C@@H]12. The molecule has 2 aromatic rings. The number of aryl methyl sites for hydroxylation is 1. The number of allylic oxidation sites excluding steroid dienone is 2. The molecule has 4 nitrogen and oxygen atoms in total. The van der Waals surface area contributed by atoms with Crippen LogP contribution in [0, 0.1) is 30.6 Å². The van der Waals surface area contributed by atoms with E-state index in [4.69, 9.17) is 0 Å². The number of aromatic nitrogens is 1. The Morgan fingerprint density at radius 3 is 2.19 bits per heavy atom. The summed E-state index contributed by atoms with van der Waals surface area (Å²) in [7, 11) is 0. The standard InChI is InChI=1S/C22H22N2O2S/c1-11(2)17-14-8-9-15(17)19-18(14)20(25)24(21(19)26)22-23-16(10-27-22)13-6-4-12(3)5-7-13/h4-7,10,14-15,18-19H,8-9H2,1-3H3/t14-,15-,18-,19-/m1/s1. The fraction of sp³-hybridized carbons (Fsp3) is 0.409. The molecular formula is C22H22N2O2S. The molecule has 0 radical (unpaired) electrons. The number of fused-ring (bicyclic) bond motifs is 5. The molecule has 1 aromatic heterocycles. The lowest BCUT2D eigenvalue weighted by atomic mass is 9.81. The van der Waals surface area contributed by atoms with Crippen LogP contribution in [0.1, 0.15) is 32.3 Å². The molecule has 27 heavy (non-hydrogen) atoms. The second kappa shape index (κ2) is 5.86. The van der Waals surface area contributed by atoms with Crippen LogP contribution >= 0.6 is 11.3 Å². The predicted molar refractivity (Wildman–Crippen MR) is 106 cm³/mol. The van der Waals surface area contributed by atoms with Crippen molar-refractivity contribution in [3.63, 3.8) is 0 Å². The van der Waals surface area contributed by atoms with E-state index in [1.165, 1.54) is 32.9 Å². The molecule has 4 atom stereocenters. The molecule has 1 saturated heterocycles. The van der Waals surface area contributed by atoms with E-state index in [1.807, 2.05) is 36.6 Å². The zero-order valence-corrected chi connectivity index (χ0v) is 16.5. The van der Waals surface area contributed by atoms with Crippen molar-refractivity contribution >= 4 is 28.3 Å². The maximum Gasteiger partial charge on any atom is 0.240 e. The Balaban J connectivity index is 1.49. The number of imide groups is 1. The van der Waals surface area contributed by atoms with Crippen LogP contribution in [0.4, 0.5) is 5.13 Å². The Labute approximate surface area is 162 Å². The number of amides is 2. The summed E-state index contributed by atoms with van der Waals surface area (Å²) in [5.41, 5.74) is 5.69. The van der Waals surface area contributed by atoms with Crippen LogP contribution in [0.3, 0.4) is 0 Å². The summed E-state index contributed by atoms with van der Waals surface area (Å²) in [5.74, 6) is 0.0771. The molecule has 3 fully saturated rings. The van der Waals surface area contributed by atoms with Crippen LogP contribution in [0.5, 0.6) is 0 Å². The lowest BCUT2D eigenvalue weighted by molar-refractivity contribution is -0.123. The molecule has 0 spiro atoms. The van der Waals surface area contributed by atoms with Crippen LogP contribution in [-0.2, 0) is 9.59 Å². The molecule has 138 valence electrons. The first-order valence-electron chi connectivity index (χ1n) is 9.55. The summed E-state index contributed by atoms with van der Waals surface area (Å²) in [6.07, 6.45) is 2.07. The van der Waals surface area contributed by atoms with E-state index >= 15 is 0 Å². The Morgan fingerprint density at radius 2 is 1.63 bits per heavy atom. The zero-order valence-electron chi connectivity index (χ0n) is 15.7. The lowest BCUT2D eigenvalue weighted by Gasteiger charge is -2.18. The van der Waals surface area contributed by atoms with Gasteiger partial charge in [-0.15, -0.1) is 11.3 Å². The number of hydrogen-bond acceptors (Lipinski definition) is 4. The number of carbonyl (C=O) groups is 2. The number of benzene rings is 1. The first kappa shape index (κ1) is 16.9. The Morgan fingerprint density at radius 1 is 1.04 bits per heavy atom. The van der Waals surface area contributed by atoms with E-state index in [-0.39, 0.29) is 35.5 Å². The molecule has 2 heterocycles. The highest BCUT2D eigenvalue weighted by Crippen LogP contribution is 2.60. The summed E-state index contributed by atoms with van der Waals surface area (Å²) in [5, 5.41) is 2.46. The van der Waals surface area contributed by atoms with E-state index < -0.39 is 0 Å². The average molecular weight is 378 g/mol. The van der Waals surface area contributed by atoms with E-state index in [9.17, 15) is 9.59 Å². The van der Waals surface area contributed by atoms with Gasteiger partial charge in [0.15, 0.2) is 5.13 Å². The summed E-state index contributed by atoms with van der Waals surface area (Å²) in [6, 6.07) is 8.14. The molecule has 2 aliphatic carbocycles. The largest absolute Gasteiger partial charge is 0.274 e. The smallest absolute Gasteiger partial charge is 0.240 e. The fourth-order valence-corrected chi connectivity index (χ4v) is 6.25. The minimum atomic E-state index is -0.173. The van der Waals surface area contributed by atoms with Crippen LogP contribution in [0.25, 0.3) is 11.3 Å². The van der Waals surface area contributed by atoms with Gasteiger partial charge in [0.2, 0.25) is 11.8 Å². The van der Waals surface area contributed by atoms with Crippen LogP contribution in [-0.4, -0.2) is 16.8 Å². The molecule has 2 amide bonds. The molecule has 0 unspecified atom stereocenters. The van der Waals surface area contributed by atoms with Gasteiger partial charge in [-0.1, -0.05) is 41.0 Å². The second-order valence-corrected chi connectivity index (χ2v) is 9.03. The van der Waals surface area contributed by atoms with E-state index in [0.29, 0.717) is 5.13 Å². The number of hydrogen-bond donors (Lipinski definition) is 0. The number of rotatable bonds is 2. The van der Waals surface area contributed by atoms with Gasteiger partial charge in [-0.3, -0.25) is 9.59 Å². The van der Waals surface area contributed by atoms with Crippen molar-refractivity contribution in [1.82, 2.24) is 4.98 Å². The number of anilines is 1. The highest BCUT2D eigenvalue weighted by atomic mass is 32.1. The molecular weight excluding hydrogens is 356 g/mol. The van der Waals surface area contributed by atoms with Crippen molar-refractivity contribution in [2.24, 2.45) is 23.7 Å². The second-order valence-electron chi connectivity index (χ2n) is 8.19. The first-order valence-corrected chi connectivity index (χ1v) is 10.4. The minimum absolute atomic E-state index is 0.0410. The van der Waals surface area contributed by atoms with Gasteiger partial charge in [0.25, 0.3) is 0 Å². The van der Waals surface area contributed by atoms with Gasteiger partial charge >= 0.3 is 0 Å². The molecule has 2 saturated carbocycles. The van der Waals surface area contributed by atoms with Gasteiger partial charge in [0, 0.05) is 10.9 Å². The lowest BCUT2D eigenvalue weighted by Crippen LogP contribution is -2.33. The molecule has 5 rings (SSSR count). The molecule has 2 bridgehead atoms. The van der Waals surface area contributed by atoms with Crippen molar-refractivity contribution in [2.75, 3.05) is 4.90 Å². The minimum Gasteiger partial charge on any atom is -0.274 e. The van der Waals surface area contributed by atoms with Gasteiger partial charge in [-0.05, 0) is 45.4 Å². The highest BCUT2D eigenvalue weighted by molar-refractivity contribution is 7.14. The van der Waals surface area contributed by atoms with Gasteiger partial charge in [0.05, 0.1) is 17.5 Å². The third-order valence-electron chi connectivity index (χ3n) is 6.46. The highest BCUT2D eigenvalue weighted by Gasteiger charge is 2.64. The summed E-state index contributed by atoms with van der Waals surface area (Å²) in [4.78, 5) is 32.4. The molecule has 5 heteroatoms. The Bertz CT molecular complexity index is 952. The molecule has 1 aliphatic heterocycles. The third kappa shape index (κ3) is 2.30. The van der Waals surface area contributed by atoms with Gasteiger partial charge in [0.1, 0.15) is 0 Å². The first-order chi connectivity index (χ1) is 13.0. The van der Waals surface area contributed by atoms with Gasteiger partial charge in [-0.25, -0.2) is 9.88 Å². The Kier molecular flexibility index (Phi) is 3.66. The van der Waals surface area contributed by atoms with Crippen molar-refractivity contribution in [3.8, 4) is 11.3 Å². The van der Waals surface area contributed by atoms with E-state index in [2.05, 4.69) is 18.8 Å². The monoisotopic (exact) mass is 378 g/mol. The topological polar surface area (TPSA) is 50.3 Å². The average Bonchev–Trinajstić information content (AvgIpc) is 3.38. The van der Waals surface area contributed by atoms with Gasteiger partial charge < -0.3 is 0 Å². The van der Waals surface area contributed by atoms with Gasteiger partial charge in [-0.2, -0.15) is 0 Å². The van der Waals surface area contributed by atoms with Crippen molar-refractivity contribution in [3.05, 3.63) is 46.4 Å². The van der Waals surface area contributed by atoms with E-state index in [1.54, 1.807) is 0 Å². The maximum absolute atomic E-state index is 13.2. The van der Waals surface area contributed by atoms with Crippen LogP contribution in [0.15, 0.2) is 40.8 Å². The normalized spacial score (nSPS) is 29.0. The quantitative estimate of drug-likeness (QED) is 0.567. The number of carbonyl (C=O) groups excluding carboxylic acids is 2. The van der Waals surface area contributed by atoms with E-state index in [0.717, 1.165) is 24.1 Å². The molecule has 3 aliphatic rings. The summed E-state index contributed by atoms with van der Waals surface area (Å²) in [6.45, 7) is 6.28. The summed E-state index contributed by atoms with van der Waals surface area (Å²) >= 11 is 1.38. The van der Waals surface area contributed by atoms with Crippen LogP contribution < -0.4 is 4.90 Å². The Hall–Kier alpha value is -2.27. The van der Waals surface area contributed by atoms with Crippen molar-refractivity contribution < 1.29 is 9.59 Å².